The van der Waals surface area contributed by atoms with Crippen LogP contribution in [-0.4, -0.2) is 39.3 Å². The van der Waals surface area contributed by atoms with Gasteiger partial charge in [0.25, 0.3) is 5.91 Å². The van der Waals surface area contributed by atoms with Crippen molar-refractivity contribution in [3.63, 3.8) is 0 Å². The number of ether oxygens (including phenoxy) is 1. The monoisotopic (exact) mass is 339 g/mol. The van der Waals surface area contributed by atoms with Crippen molar-refractivity contribution in [3.8, 4) is 11.5 Å². The fourth-order valence-electron chi connectivity index (χ4n) is 2.32. The van der Waals surface area contributed by atoms with E-state index in [1.165, 1.54) is 19.4 Å². The molecule has 0 aliphatic carbocycles. The zero-order valence-electron chi connectivity index (χ0n) is 13.7. The van der Waals surface area contributed by atoms with Gasteiger partial charge >= 0.3 is 0 Å². The number of hydrazone groups is 1. The van der Waals surface area contributed by atoms with E-state index in [9.17, 15) is 9.90 Å². The van der Waals surface area contributed by atoms with Crippen LogP contribution in [0.3, 0.4) is 0 Å². The molecule has 1 atom stereocenters. The van der Waals surface area contributed by atoms with E-state index >= 15 is 0 Å². The third kappa shape index (κ3) is 3.42. The molecule has 3 rings (SSSR count). The molecular formula is C17H17N5O3. The van der Waals surface area contributed by atoms with Crippen LogP contribution >= 0.6 is 0 Å². The number of aromatic nitrogens is 3. The molecule has 0 aliphatic rings. The number of hydrogen-bond donors (Lipinski definition) is 2. The molecule has 1 amide bonds. The molecule has 0 spiro atoms. The van der Waals surface area contributed by atoms with Gasteiger partial charge in [0.2, 0.25) is 0 Å². The molecule has 0 aliphatic heterocycles. The number of hydrogen-bond acceptors (Lipinski definition) is 6. The summed E-state index contributed by atoms with van der Waals surface area (Å²) in [5.74, 6) is 0.0470. The zero-order chi connectivity index (χ0) is 17.8. The minimum absolute atomic E-state index is 0.0374. The maximum absolute atomic E-state index is 12.3. The fraction of sp³-hybridized carbons (Fsp3) is 0.176. The second-order valence-electron chi connectivity index (χ2n) is 5.36. The van der Waals surface area contributed by atoms with Gasteiger partial charge in [-0.3, -0.25) is 4.79 Å². The third-order valence-corrected chi connectivity index (χ3v) is 3.72. The fourth-order valence-corrected chi connectivity index (χ4v) is 2.32. The van der Waals surface area contributed by atoms with Crippen LogP contribution in [0.4, 0.5) is 0 Å². The lowest BCUT2D eigenvalue weighted by Gasteiger charge is -2.10. The molecule has 8 nitrogen and oxygen atoms in total. The Kier molecular flexibility index (Phi) is 4.60. The number of fused-ring (bicyclic) bond motifs is 1. The van der Waals surface area contributed by atoms with Gasteiger partial charge in [-0.2, -0.15) is 5.10 Å². The summed E-state index contributed by atoms with van der Waals surface area (Å²) in [6, 6.07) is 11.6. The van der Waals surface area contributed by atoms with Crippen LogP contribution in [0.5, 0.6) is 11.5 Å². The lowest BCUT2D eigenvalue weighted by Crippen LogP contribution is -2.28. The number of nitrogens with zero attached hydrogens (tertiary/aromatic N) is 4. The number of methoxy groups -OCH3 is 1. The molecule has 1 aromatic heterocycles. The predicted molar refractivity (Wildman–Crippen MR) is 92.6 cm³/mol. The summed E-state index contributed by atoms with van der Waals surface area (Å²) >= 11 is 0. The summed E-state index contributed by atoms with van der Waals surface area (Å²) in [4.78, 5) is 12.3. The zero-order valence-corrected chi connectivity index (χ0v) is 13.7. The molecule has 2 aromatic carbocycles. The van der Waals surface area contributed by atoms with Gasteiger partial charge in [0, 0.05) is 0 Å². The Labute approximate surface area is 143 Å². The largest absolute Gasteiger partial charge is 0.504 e. The first-order chi connectivity index (χ1) is 12.1. The summed E-state index contributed by atoms with van der Waals surface area (Å²) in [7, 11) is 1.46. The molecule has 0 fully saturated rings. The van der Waals surface area contributed by atoms with Crippen LogP contribution in [0.25, 0.3) is 11.0 Å². The molecule has 3 aromatic rings. The molecule has 128 valence electrons. The minimum atomic E-state index is -0.570. The topological polar surface area (TPSA) is 102 Å². The number of amides is 1. The molecule has 25 heavy (non-hydrogen) atoms. The third-order valence-electron chi connectivity index (χ3n) is 3.72. The highest BCUT2D eigenvalue weighted by Gasteiger charge is 2.18. The maximum atomic E-state index is 12.3. The normalized spacial score (nSPS) is 12.4. The van der Waals surface area contributed by atoms with E-state index in [1.54, 1.807) is 23.7 Å². The van der Waals surface area contributed by atoms with E-state index in [-0.39, 0.29) is 11.7 Å². The number of carbonyl (C=O) groups is 1. The number of carbonyl (C=O) groups excluding carboxylic acids is 1. The summed E-state index contributed by atoms with van der Waals surface area (Å²) in [6.07, 6.45) is 1.46. The number of phenols is 1. The number of aromatic hydroxyl groups is 1. The first kappa shape index (κ1) is 16.4. The summed E-state index contributed by atoms with van der Waals surface area (Å²) < 4.78 is 6.57. The molecule has 0 radical (unpaired) electrons. The van der Waals surface area contributed by atoms with E-state index in [0.717, 1.165) is 11.0 Å². The van der Waals surface area contributed by atoms with Crippen molar-refractivity contribution in [1.82, 2.24) is 20.4 Å². The van der Waals surface area contributed by atoms with Gasteiger partial charge in [-0.1, -0.05) is 17.3 Å². The number of benzene rings is 2. The minimum Gasteiger partial charge on any atom is -0.504 e. The average molecular weight is 339 g/mol. The number of para-hydroxylation sites is 1. The Morgan fingerprint density at radius 3 is 2.96 bits per heavy atom. The highest BCUT2D eigenvalue weighted by molar-refractivity contribution is 5.85. The summed E-state index contributed by atoms with van der Waals surface area (Å²) in [5, 5.41) is 21.6. The first-order valence-corrected chi connectivity index (χ1v) is 7.60. The molecule has 0 bridgehead atoms. The van der Waals surface area contributed by atoms with Crippen molar-refractivity contribution in [3.05, 3.63) is 48.0 Å². The van der Waals surface area contributed by atoms with Crippen molar-refractivity contribution in [1.29, 1.82) is 0 Å². The second kappa shape index (κ2) is 7.00. The predicted octanol–water partition coefficient (Wildman–Crippen LogP) is 1.86. The molecule has 1 heterocycles. The van der Waals surface area contributed by atoms with Crippen LogP contribution in [0.1, 0.15) is 18.5 Å². The van der Waals surface area contributed by atoms with Crippen molar-refractivity contribution in [2.75, 3.05) is 7.11 Å². The van der Waals surface area contributed by atoms with Gasteiger partial charge in [-0.05, 0) is 42.8 Å². The Bertz CT molecular complexity index is 935. The number of rotatable bonds is 5. The molecule has 0 saturated carbocycles. The van der Waals surface area contributed by atoms with Crippen molar-refractivity contribution in [2.24, 2.45) is 5.10 Å². The lowest BCUT2D eigenvalue weighted by molar-refractivity contribution is -0.124. The number of nitrogens with one attached hydrogen (secondary N) is 1. The second-order valence-corrected chi connectivity index (χ2v) is 5.36. The molecule has 0 saturated heterocycles. The Morgan fingerprint density at radius 1 is 1.36 bits per heavy atom. The van der Waals surface area contributed by atoms with Gasteiger partial charge in [-0.15, -0.1) is 5.10 Å². The van der Waals surface area contributed by atoms with Crippen molar-refractivity contribution in [2.45, 2.75) is 13.0 Å². The van der Waals surface area contributed by atoms with Crippen molar-refractivity contribution < 1.29 is 14.6 Å². The molecular weight excluding hydrogens is 322 g/mol. The van der Waals surface area contributed by atoms with Crippen LogP contribution in [-0.2, 0) is 4.79 Å². The van der Waals surface area contributed by atoms with E-state index < -0.39 is 6.04 Å². The van der Waals surface area contributed by atoms with Crippen LogP contribution < -0.4 is 10.2 Å². The van der Waals surface area contributed by atoms with Crippen LogP contribution in [0, 0.1) is 0 Å². The summed E-state index contributed by atoms with van der Waals surface area (Å²) in [6.45, 7) is 1.72. The van der Waals surface area contributed by atoms with Gasteiger partial charge in [0.05, 0.1) is 18.8 Å². The molecule has 0 unspecified atom stereocenters. The van der Waals surface area contributed by atoms with Gasteiger partial charge < -0.3 is 9.84 Å². The average Bonchev–Trinajstić information content (AvgIpc) is 3.06. The SMILES string of the molecule is COc1cc(/C=N\NC(=O)[C@@H](C)n2nnc3ccccc32)ccc1O. The van der Waals surface area contributed by atoms with E-state index in [4.69, 9.17) is 4.74 Å². The number of phenolic OH excluding ortho intramolecular Hbond substituents is 1. The van der Waals surface area contributed by atoms with Crippen molar-refractivity contribution >= 4 is 23.2 Å². The smallest absolute Gasteiger partial charge is 0.264 e. The Morgan fingerprint density at radius 2 is 2.16 bits per heavy atom. The van der Waals surface area contributed by atoms with Gasteiger partial charge in [0.1, 0.15) is 11.6 Å². The van der Waals surface area contributed by atoms with Crippen LogP contribution in [0.2, 0.25) is 0 Å². The highest BCUT2D eigenvalue weighted by atomic mass is 16.5. The standard InChI is InChI=1S/C17H17N5O3/c1-11(22-14-6-4-3-5-13(14)19-21-22)17(24)20-18-10-12-7-8-15(23)16(9-12)25-2/h3-11,23H,1-2H3,(H,20,24)/b18-10-/t11-/m1/s1. The van der Waals surface area contributed by atoms with Gasteiger partial charge in [0.15, 0.2) is 11.5 Å². The summed E-state index contributed by atoms with van der Waals surface area (Å²) in [5.41, 5.74) is 4.65. The Balaban J connectivity index is 1.69. The maximum Gasteiger partial charge on any atom is 0.264 e. The highest BCUT2D eigenvalue weighted by Crippen LogP contribution is 2.25. The lowest BCUT2D eigenvalue weighted by atomic mass is 10.2. The van der Waals surface area contributed by atoms with Crippen LogP contribution in [0.15, 0.2) is 47.6 Å². The first-order valence-electron chi connectivity index (χ1n) is 7.60. The van der Waals surface area contributed by atoms with E-state index in [1.807, 2.05) is 24.3 Å². The quantitative estimate of drug-likeness (QED) is 0.546. The van der Waals surface area contributed by atoms with E-state index in [2.05, 4.69) is 20.8 Å². The van der Waals surface area contributed by atoms with Gasteiger partial charge in [-0.25, -0.2) is 10.1 Å². The molecule has 8 heteroatoms. The Hall–Kier alpha value is -3.42. The molecule has 2 N–H and O–H groups in total. The van der Waals surface area contributed by atoms with E-state index in [0.29, 0.717) is 11.3 Å².